The van der Waals surface area contributed by atoms with Gasteiger partial charge in [-0.1, -0.05) is 0 Å². The van der Waals surface area contributed by atoms with Gasteiger partial charge in [-0.25, -0.2) is 4.79 Å². The molecule has 9 nitrogen and oxygen atoms in total. The number of likely N-dealkylation sites (tertiary alicyclic amines) is 2. The second-order valence-electron chi connectivity index (χ2n) is 10.2. The molecular formula is C24H31N5O4. The first kappa shape index (κ1) is 20.8. The van der Waals surface area contributed by atoms with E-state index in [-0.39, 0.29) is 42.0 Å². The number of ether oxygens (including phenoxy) is 1. The van der Waals surface area contributed by atoms with Crippen molar-refractivity contribution in [3.63, 3.8) is 0 Å². The van der Waals surface area contributed by atoms with Crippen molar-refractivity contribution in [1.82, 2.24) is 15.1 Å². The molecule has 9 heteroatoms. The van der Waals surface area contributed by atoms with Crippen LogP contribution in [0.25, 0.3) is 0 Å². The first-order valence-corrected chi connectivity index (χ1v) is 12.1. The number of morpholine rings is 1. The minimum absolute atomic E-state index is 0.0202. The smallest absolute Gasteiger partial charge is 0.320 e. The van der Waals surface area contributed by atoms with Crippen LogP contribution >= 0.6 is 0 Å². The zero-order valence-corrected chi connectivity index (χ0v) is 18.9. The van der Waals surface area contributed by atoms with Crippen molar-refractivity contribution in [2.75, 3.05) is 62.2 Å². The van der Waals surface area contributed by atoms with Crippen molar-refractivity contribution in [1.29, 1.82) is 0 Å². The van der Waals surface area contributed by atoms with Crippen molar-refractivity contribution in [3.8, 4) is 0 Å². The Bertz CT molecular complexity index is 960. The van der Waals surface area contributed by atoms with Crippen molar-refractivity contribution in [3.05, 3.63) is 24.3 Å². The highest BCUT2D eigenvalue weighted by atomic mass is 16.5. The lowest BCUT2D eigenvalue weighted by Gasteiger charge is -2.49. The zero-order chi connectivity index (χ0) is 22.6. The van der Waals surface area contributed by atoms with E-state index in [2.05, 4.69) is 22.3 Å². The molecule has 5 aliphatic rings. The van der Waals surface area contributed by atoms with Gasteiger partial charge in [0.25, 0.3) is 0 Å². The molecule has 5 saturated heterocycles. The summed E-state index contributed by atoms with van der Waals surface area (Å²) in [5.41, 5.74) is 2.33. The summed E-state index contributed by atoms with van der Waals surface area (Å²) in [6, 6.07) is 8.30. The van der Waals surface area contributed by atoms with Gasteiger partial charge in [0.2, 0.25) is 11.8 Å². The van der Waals surface area contributed by atoms with E-state index < -0.39 is 0 Å². The molecule has 2 atom stereocenters. The van der Waals surface area contributed by atoms with Gasteiger partial charge in [0.1, 0.15) is 6.61 Å². The number of urea groups is 1. The number of carbonyl (C=O) groups is 3. The number of piperidine rings is 1. The fourth-order valence-electron chi connectivity index (χ4n) is 6.14. The standard InChI is InChI=1S/C24H31N5O4/c30-21-13-33-20-7-10-26(12-19(20)25-21)23(32)27-11-8-24(14-27)15-28(16-24)17-3-5-18(6-4-17)29-9-1-2-22(29)31/h3-6,19-20H,1-2,7-16H2,(H,25,30)/t19?,20-/m0/s1. The third kappa shape index (κ3) is 3.72. The monoisotopic (exact) mass is 453 g/mol. The predicted octanol–water partition coefficient (Wildman–Crippen LogP) is 1.03. The number of nitrogens with zero attached hydrogens (tertiary/aromatic N) is 4. The molecule has 0 radical (unpaired) electrons. The summed E-state index contributed by atoms with van der Waals surface area (Å²) in [6.45, 7) is 5.62. The first-order valence-electron chi connectivity index (χ1n) is 12.1. The number of hydrogen-bond donors (Lipinski definition) is 1. The topological polar surface area (TPSA) is 85.4 Å². The molecule has 1 N–H and O–H groups in total. The third-order valence-corrected chi connectivity index (χ3v) is 7.96. The molecule has 1 aromatic rings. The SMILES string of the molecule is O=C1CO[C@H]2CCN(C(=O)N3CCC4(C3)CN(c3ccc(N5CCCC5=O)cc3)C4)CC2N1. The van der Waals surface area contributed by atoms with Crippen LogP contribution in [0.2, 0.25) is 0 Å². The molecule has 6 rings (SSSR count). The number of nitrogens with one attached hydrogen (secondary N) is 1. The van der Waals surface area contributed by atoms with Gasteiger partial charge in [-0.3, -0.25) is 9.59 Å². The van der Waals surface area contributed by atoms with Crippen LogP contribution in [-0.2, 0) is 14.3 Å². The van der Waals surface area contributed by atoms with Gasteiger partial charge in [-0.2, -0.15) is 0 Å². The molecular weight excluding hydrogens is 422 g/mol. The summed E-state index contributed by atoms with van der Waals surface area (Å²) >= 11 is 0. The van der Waals surface area contributed by atoms with Crippen molar-refractivity contribution in [2.45, 2.75) is 37.8 Å². The largest absolute Gasteiger partial charge is 0.370 e. The van der Waals surface area contributed by atoms with Gasteiger partial charge in [0, 0.05) is 69.0 Å². The van der Waals surface area contributed by atoms with Crippen LogP contribution in [0.3, 0.4) is 0 Å². The number of carbonyl (C=O) groups excluding carboxylic acids is 3. The molecule has 0 bridgehead atoms. The van der Waals surface area contributed by atoms with E-state index in [1.54, 1.807) is 0 Å². The Morgan fingerprint density at radius 1 is 1.00 bits per heavy atom. The normalized spacial score (nSPS) is 28.7. The zero-order valence-electron chi connectivity index (χ0n) is 18.9. The van der Waals surface area contributed by atoms with Crippen LogP contribution in [-0.4, -0.2) is 92.2 Å². The van der Waals surface area contributed by atoms with Gasteiger partial charge in [-0.05, 0) is 43.5 Å². The van der Waals surface area contributed by atoms with Crippen molar-refractivity contribution in [2.24, 2.45) is 5.41 Å². The van der Waals surface area contributed by atoms with Gasteiger partial charge in [0.15, 0.2) is 0 Å². The lowest BCUT2D eigenvalue weighted by atomic mass is 9.78. The van der Waals surface area contributed by atoms with E-state index in [0.717, 1.165) is 57.7 Å². The van der Waals surface area contributed by atoms with Crippen LogP contribution in [0.5, 0.6) is 0 Å². The number of hydrogen-bond acceptors (Lipinski definition) is 5. The molecule has 176 valence electrons. The Balaban J connectivity index is 1.03. The number of fused-ring (bicyclic) bond motifs is 1. The molecule has 4 amide bonds. The second kappa shape index (κ2) is 7.90. The minimum Gasteiger partial charge on any atom is -0.370 e. The van der Waals surface area contributed by atoms with Gasteiger partial charge >= 0.3 is 6.03 Å². The molecule has 5 fully saturated rings. The third-order valence-electron chi connectivity index (χ3n) is 7.96. The summed E-state index contributed by atoms with van der Waals surface area (Å²) in [5, 5.41) is 2.98. The molecule has 1 aromatic carbocycles. The highest BCUT2D eigenvalue weighted by Crippen LogP contribution is 2.42. The maximum Gasteiger partial charge on any atom is 0.320 e. The first-order chi connectivity index (χ1) is 16.0. The number of anilines is 2. The molecule has 0 saturated carbocycles. The van der Waals surface area contributed by atoms with E-state index in [1.807, 2.05) is 26.8 Å². The highest BCUT2D eigenvalue weighted by Gasteiger charge is 2.50. The van der Waals surface area contributed by atoms with Crippen molar-refractivity contribution >= 4 is 29.2 Å². The fraction of sp³-hybridized carbons (Fsp3) is 0.625. The van der Waals surface area contributed by atoms with Gasteiger partial charge in [0.05, 0.1) is 12.1 Å². The molecule has 1 spiro atoms. The Kier molecular flexibility index (Phi) is 4.97. The van der Waals surface area contributed by atoms with Crippen LogP contribution in [0.4, 0.5) is 16.2 Å². The maximum atomic E-state index is 13.2. The highest BCUT2D eigenvalue weighted by molar-refractivity contribution is 5.95. The lowest BCUT2D eigenvalue weighted by Crippen LogP contribution is -2.62. The summed E-state index contributed by atoms with van der Waals surface area (Å²) in [7, 11) is 0. The van der Waals surface area contributed by atoms with Crippen molar-refractivity contribution < 1.29 is 19.1 Å². The van der Waals surface area contributed by atoms with Crippen LogP contribution < -0.4 is 15.1 Å². The second-order valence-corrected chi connectivity index (χ2v) is 10.2. The quantitative estimate of drug-likeness (QED) is 0.723. The number of amides is 4. The van der Waals surface area contributed by atoms with E-state index in [9.17, 15) is 14.4 Å². The van der Waals surface area contributed by atoms with Gasteiger partial charge in [-0.15, -0.1) is 0 Å². The molecule has 0 aromatic heterocycles. The number of rotatable bonds is 2. The Labute approximate surface area is 193 Å². The lowest BCUT2D eigenvalue weighted by molar-refractivity contribution is -0.139. The van der Waals surface area contributed by atoms with E-state index in [0.29, 0.717) is 19.5 Å². The molecule has 5 heterocycles. The number of benzene rings is 1. The molecule has 0 aliphatic carbocycles. The average Bonchev–Trinajstić information content (AvgIpc) is 3.44. The average molecular weight is 454 g/mol. The summed E-state index contributed by atoms with van der Waals surface area (Å²) < 4.78 is 5.61. The fourth-order valence-corrected chi connectivity index (χ4v) is 6.14. The summed E-state index contributed by atoms with van der Waals surface area (Å²) in [5.74, 6) is 0.115. The minimum atomic E-state index is -0.0986. The molecule has 5 aliphatic heterocycles. The summed E-state index contributed by atoms with van der Waals surface area (Å²) in [6.07, 6.45) is 3.39. The predicted molar refractivity (Wildman–Crippen MR) is 122 cm³/mol. The van der Waals surface area contributed by atoms with Gasteiger partial charge < -0.3 is 29.7 Å². The Morgan fingerprint density at radius 3 is 2.55 bits per heavy atom. The van der Waals surface area contributed by atoms with Crippen LogP contribution in [0.1, 0.15) is 25.7 Å². The van der Waals surface area contributed by atoms with E-state index >= 15 is 0 Å². The van der Waals surface area contributed by atoms with E-state index in [4.69, 9.17) is 4.74 Å². The molecule has 1 unspecified atom stereocenters. The molecule has 33 heavy (non-hydrogen) atoms. The van der Waals surface area contributed by atoms with Crippen LogP contribution in [0.15, 0.2) is 24.3 Å². The Hall–Kier alpha value is -2.81. The summed E-state index contributed by atoms with van der Waals surface area (Å²) in [4.78, 5) is 44.9. The van der Waals surface area contributed by atoms with E-state index in [1.165, 1.54) is 5.69 Å². The van der Waals surface area contributed by atoms with Crippen LogP contribution in [0, 0.1) is 5.41 Å². The Morgan fingerprint density at radius 2 is 1.79 bits per heavy atom. The maximum absolute atomic E-state index is 13.2.